The standard InChI is InChI=1S/C14H16N2OS/c1-3-9-6-10-8-18-14(15)16(10)13-7-11(17-2)4-5-12(9)13/h4-7,9,15H,3,8H2,1-2H3. The average Bonchev–Trinajstić information content (AvgIpc) is 2.78. The number of nitrogens with zero attached hydrogens (tertiary/aromatic N) is 1. The van der Waals surface area contributed by atoms with Crippen molar-refractivity contribution >= 4 is 22.6 Å². The first-order valence-electron chi connectivity index (χ1n) is 6.14. The molecule has 1 N–H and O–H groups in total. The number of hydrogen-bond acceptors (Lipinski definition) is 3. The Morgan fingerprint density at radius 1 is 1.50 bits per heavy atom. The minimum Gasteiger partial charge on any atom is -0.497 e. The van der Waals surface area contributed by atoms with Crippen molar-refractivity contribution in [1.82, 2.24) is 0 Å². The summed E-state index contributed by atoms with van der Waals surface area (Å²) in [6, 6.07) is 6.18. The van der Waals surface area contributed by atoms with Gasteiger partial charge in [0.1, 0.15) is 5.75 Å². The van der Waals surface area contributed by atoms with Gasteiger partial charge in [0, 0.05) is 23.4 Å². The van der Waals surface area contributed by atoms with Crippen LogP contribution in [0.15, 0.2) is 30.0 Å². The molecule has 2 aliphatic rings. The van der Waals surface area contributed by atoms with Gasteiger partial charge in [0.2, 0.25) is 0 Å². The first-order valence-corrected chi connectivity index (χ1v) is 7.13. The molecule has 0 saturated carbocycles. The molecule has 3 rings (SSSR count). The fourth-order valence-corrected chi connectivity index (χ4v) is 3.46. The molecule has 0 aliphatic carbocycles. The Morgan fingerprint density at radius 2 is 2.33 bits per heavy atom. The number of hydrogen-bond donors (Lipinski definition) is 1. The largest absolute Gasteiger partial charge is 0.497 e. The van der Waals surface area contributed by atoms with E-state index in [9.17, 15) is 0 Å². The zero-order valence-corrected chi connectivity index (χ0v) is 11.4. The van der Waals surface area contributed by atoms with Gasteiger partial charge in [0.25, 0.3) is 0 Å². The summed E-state index contributed by atoms with van der Waals surface area (Å²) in [5.74, 6) is 2.23. The molecule has 1 aromatic rings. The molecule has 0 aromatic heterocycles. The lowest BCUT2D eigenvalue weighted by Gasteiger charge is -2.30. The van der Waals surface area contributed by atoms with Crippen molar-refractivity contribution in [3.8, 4) is 5.75 Å². The van der Waals surface area contributed by atoms with Crippen molar-refractivity contribution in [3.63, 3.8) is 0 Å². The van der Waals surface area contributed by atoms with Crippen LogP contribution in [0.2, 0.25) is 0 Å². The minimum atomic E-state index is 0.462. The van der Waals surface area contributed by atoms with Crippen molar-refractivity contribution < 1.29 is 4.74 Å². The summed E-state index contributed by atoms with van der Waals surface area (Å²) >= 11 is 1.59. The highest BCUT2D eigenvalue weighted by Crippen LogP contribution is 2.44. The Hall–Kier alpha value is -1.42. The smallest absolute Gasteiger partial charge is 0.165 e. The van der Waals surface area contributed by atoms with Crippen LogP contribution in [0.1, 0.15) is 24.8 Å². The van der Waals surface area contributed by atoms with Crippen LogP contribution < -0.4 is 9.64 Å². The SMILES string of the molecule is CCC1C=C2CSC(=N)N2c2cc(OC)ccc21. The number of amidine groups is 1. The van der Waals surface area contributed by atoms with Crippen molar-refractivity contribution in [2.75, 3.05) is 17.8 Å². The number of benzene rings is 1. The maximum Gasteiger partial charge on any atom is 0.165 e. The van der Waals surface area contributed by atoms with E-state index in [1.165, 1.54) is 11.3 Å². The summed E-state index contributed by atoms with van der Waals surface area (Å²) < 4.78 is 5.31. The van der Waals surface area contributed by atoms with Gasteiger partial charge in [0.05, 0.1) is 12.8 Å². The summed E-state index contributed by atoms with van der Waals surface area (Å²) in [6.45, 7) is 2.21. The lowest BCUT2D eigenvalue weighted by molar-refractivity contribution is 0.414. The molecule has 1 saturated heterocycles. The van der Waals surface area contributed by atoms with Crippen molar-refractivity contribution in [1.29, 1.82) is 5.41 Å². The number of methoxy groups -OCH3 is 1. The van der Waals surface area contributed by atoms with Crippen LogP contribution >= 0.6 is 11.8 Å². The molecule has 1 fully saturated rings. The molecule has 3 nitrogen and oxygen atoms in total. The normalized spacial score (nSPS) is 21.4. The highest BCUT2D eigenvalue weighted by molar-refractivity contribution is 8.14. The van der Waals surface area contributed by atoms with Gasteiger partial charge in [-0.05, 0) is 18.1 Å². The van der Waals surface area contributed by atoms with Gasteiger partial charge in [-0.2, -0.15) is 0 Å². The van der Waals surface area contributed by atoms with Gasteiger partial charge in [0.15, 0.2) is 5.17 Å². The number of rotatable bonds is 2. The Morgan fingerprint density at radius 3 is 3.06 bits per heavy atom. The first kappa shape index (κ1) is 11.7. The van der Waals surface area contributed by atoms with Crippen LogP contribution in [0.25, 0.3) is 0 Å². The summed E-state index contributed by atoms with van der Waals surface area (Å²) in [5, 5.41) is 8.68. The molecule has 0 radical (unpaired) electrons. The van der Waals surface area contributed by atoms with Gasteiger partial charge >= 0.3 is 0 Å². The number of nitrogens with one attached hydrogen (secondary N) is 1. The molecule has 1 atom stereocenters. The molecule has 94 valence electrons. The van der Waals surface area contributed by atoms with Crippen LogP contribution in [-0.4, -0.2) is 18.0 Å². The number of anilines is 1. The number of thioether (sulfide) groups is 1. The van der Waals surface area contributed by atoms with Gasteiger partial charge < -0.3 is 4.74 Å². The fourth-order valence-electron chi connectivity index (χ4n) is 2.61. The Kier molecular flexibility index (Phi) is 2.82. The molecule has 2 heterocycles. The highest BCUT2D eigenvalue weighted by Gasteiger charge is 2.32. The lowest BCUT2D eigenvalue weighted by Crippen LogP contribution is -2.26. The molecule has 1 unspecified atom stereocenters. The van der Waals surface area contributed by atoms with Gasteiger partial charge in [-0.25, -0.2) is 0 Å². The number of fused-ring (bicyclic) bond motifs is 3. The van der Waals surface area contributed by atoms with Crippen LogP contribution in [0.4, 0.5) is 5.69 Å². The summed E-state index contributed by atoms with van der Waals surface area (Å²) in [5.41, 5.74) is 3.67. The molecule has 18 heavy (non-hydrogen) atoms. The molecule has 2 aliphatic heterocycles. The fraction of sp³-hybridized carbons (Fsp3) is 0.357. The predicted octanol–water partition coefficient (Wildman–Crippen LogP) is 3.57. The maximum atomic E-state index is 8.06. The molecule has 0 bridgehead atoms. The third-order valence-corrected chi connectivity index (χ3v) is 4.45. The van der Waals surface area contributed by atoms with Crippen LogP contribution in [0, 0.1) is 5.41 Å². The second kappa shape index (κ2) is 4.35. The Labute approximate surface area is 111 Å². The van der Waals surface area contributed by atoms with Crippen LogP contribution in [-0.2, 0) is 0 Å². The van der Waals surface area contributed by atoms with E-state index in [2.05, 4.69) is 24.0 Å². The Bertz CT molecular complexity index is 539. The lowest BCUT2D eigenvalue weighted by atomic mass is 9.90. The van der Waals surface area contributed by atoms with E-state index in [1.54, 1.807) is 18.9 Å². The van der Waals surface area contributed by atoms with E-state index in [0.29, 0.717) is 11.1 Å². The number of allylic oxidation sites excluding steroid dienone is 1. The van der Waals surface area contributed by atoms with Gasteiger partial charge in [-0.3, -0.25) is 10.3 Å². The Balaban J connectivity index is 2.16. The molecular weight excluding hydrogens is 244 g/mol. The molecule has 4 heteroatoms. The monoisotopic (exact) mass is 260 g/mol. The summed E-state index contributed by atoms with van der Waals surface area (Å²) in [4.78, 5) is 2.05. The highest BCUT2D eigenvalue weighted by atomic mass is 32.2. The predicted molar refractivity (Wildman–Crippen MR) is 76.8 cm³/mol. The zero-order chi connectivity index (χ0) is 12.7. The molecule has 0 amide bonds. The van der Waals surface area contributed by atoms with E-state index in [4.69, 9.17) is 10.1 Å². The van der Waals surface area contributed by atoms with E-state index in [0.717, 1.165) is 23.6 Å². The topological polar surface area (TPSA) is 36.3 Å². The van der Waals surface area contributed by atoms with Crippen molar-refractivity contribution in [3.05, 3.63) is 35.5 Å². The second-order valence-corrected chi connectivity index (χ2v) is 5.49. The first-order chi connectivity index (χ1) is 8.74. The van der Waals surface area contributed by atoms with Gasteiger partial charge in [-0.1, -0.05) is 30.8 Å². The second-order valence-electron chi connectivity index (χ2n) is 4.53. The van der Waals surface area contributed by atoms with E-state index < -0.39 is 0 Å². The summed E-state index contributed by atoms with van der Waals surface area (Å²) in [6.07, 6.45) is 3.40. The average molecular weight is 260 g/mol. The molecular formula is C14H16N2OS. The van der Waals surface area contributed by atoms with E-state index in [1.807, 2.05) is 12.1 Å². The van der Waals surface area contributed by atoms with Crippen molar-refractivity contribution in [2.24, 2.45) is 0 Å². The third kappa shape index (κ3) is 1.63. The minimum absolute atomic E-state index is 0.462. The van der Waals surface area contributed by atoms with E-state index in [-0.39, 0.29) is 0 Å². The van der Waals surface area contributed by atoms with Crippen molar-refractivity contribution in [2.45, 2.75) is 19.3 Å². The zero-order valence-electron chi connectivity index (χ0n) is 10.6. The van der Waals surface area contributed by atoms with Gasteiger partial charge in [-0.15, -0.1) is 0 Å². The number of ether oxygens (including phenoxy) is 1. The maximum absolute atomic E-state index is 8.06. The molecule has 1 aromatic carbocycles. The molecule has 0 spiro atoms. The quantitative estimate of drug-likeness (QED) is 0.883. The van der Waals surface area contributed by atoms with E-state index >= 15 is 0 Å². The van der Waals surface area contributed by atoms with Crippen LogP contribution in [0.3, 0.4) is 0 Å². The summed E-state index contributed by atoms with van der Waals surface area (Å²) in [7, 11) is 1.68. The van der Waals surface area contributed by atoms with Crippen LogP contribution in [0.5, 0.6) is 5.75 Å². The third-order valence-electron chi connectivity index (χ3n) is 3.56.